The van der Waals surface area contributed by atoms with Gasteiger partial charge in [-0.1, -0.05) is 50.2 Å². The van der Waals surface area contributed by atoms with E-state index < -0.39 is 11.7 Å². The van der Waals surface area contributed by atoms with Crippen molar-refractivity contribution in [3.63, 3.8) is 0 Å². The zero-order chi connectivity index (χ0) is 31.2. The van der Waals surface area contributed by atoms with Crippen molar-refractivity contribution < 1.29 is 18.7 Å². The van der Waals surface area contributed by atoms with Crippen LogP contribution in [0, 0.1) is 5.82 Å². The molecule has 0 unspecified atom stereocenters. The molecule has 9 heteroatoms. The van der Waals surface area contributed by atoms with E-state index in [9.17, 15) is 9.18 Å². The van der Waals surface area contributed by atoms with Crippen LogP contribution in [0.2, 0.25) is 0 Å². The van der Waals surface area contributed by atoms with Crippen molar-refractivity contribution >= 4 is 34.1 Å². The van der Waals surface area contributed by atoms with Crippen molar-refractivity contribution in [2.45, 2.75) is 26.4 Å². The van der Waals surface area contributed by atoms with Crippen molar-refractivity contribution in [1.82, 2.24) is 15.0 Å². The van der Waals surface area contributed by atoms with Crippen LogP contribution in [0.25, 0.3) is 11.0 Å². The summed E-state index contributed by atoms with van der Waals surface area (Å²) >= 11 is 0. The molecule has 0 spiro atoms. The maximum atomic E-state index is 13.7. The van der Waals surface area contributed by atoms with Gasteiger partial charge in [0.25, 0.3) is 5.91 Å². The van der Waals surface area contributed by atoms with E-state index in [1.807, 2.05) is 66.7 Å². The smallest absolute Gasteiger partial charge is 0.255 e. The molecule has 0 radical (unpaired) electrons. The summed E-state index contributed by atoms with van der Waals surface area (Å²) in [5, 5.41) is 6.77. The third kappa shape index (κ3) is 7.22. The van der Waals surface area contributed by atoms with Crippen LogP contribution in [-0.4, -0.2) is 20.9 Å². The number of halogens is 1. The van der Waals surface area contributed by atoms with Crippen molar-refractivity contribution in [3.05, 3.63) is 138 Å². The summed E-state index contributed by atoms with van der Waals surface area (Å²) in [6, 6.07) is 31.8. The molecular formula is C36H30FN5O3. The second-order valence-corrected chi connectivity index (χ2v) is 10.6. The maximum Gasteiger partial charge on any atom is 0.255 e. The lowest BCUT2D eigenvalue weighted by molar-refractivity contribution is 0.102. The first-order valence-electron chi connectivity index (χ1n) is 14.5. The van der Waals surface area contributed by atoms with Crippen LogP contribution in [-0.2, 0) is 6.61 Å². The molecule has 0 saturated carbocycles. The molecule has 0 aliphatic carbocycles. The van der Waals surface area contributed by atoms with Gasteiger partial charge in [-0.25, -0.2) is 19.3 Å². The first kappa shape index (κ1) is 29.3. The summed E-state index contributed by atoms with van der Waals surface area (Å²) in [6.45, 7) is 4.59. The highest BCUT2D eigenvalue weighted by Gasteiger charge is 2.15. The normalized spacial score (nSPS) is 10.9. The highest BCUT2D eigenvalue weighted by Crippen LogP contribution is 2.35. The number of rotatable bonds is 10. The van der Waals surface area contributed by atoms with E-state index in [1.165, 1.54) is 24.5 Å². The van der Waals surface area contributed by atoms with Crippen molar-refractivity contribution in [1.29, 1.82) is 0 Å². The highest BCUT2D eigenvalue weighted by atomic mass is 19.1. The van der Waals surface area contributed by atoms with Gasteiger partial charge in [-0.15, -0.1) is 0 Å². The molecule has 2 aromatic heterocycles. The van der Waals surface area contributed by atoms with Gasteiger partial charge in [-0.05, 0) is 84.3 Å². The number of aromatic nitrogens is 3. The van der Waals surface area contributed by atoms with Crippen molar-refractivity contribution in [2.75, 3.05) is 10.6 Å². The van der Waals surface area contributed by atoms with E-state index in [0.717, 1.165) is 11.3 Å². The average Bonchev–Trinajstić information content (AvgIpc) is 3.05. The number of carbonyl (C=O) groups excluding carboxylic acids is 1. The molecule has 6 rings (SSSR count). The lowest BCUT2D eigenvalue weighted by Crippen LogP contribution is -2.12. The minimum absolute atomic E-state index is 0.240. The molecule has 2 heterocycles. The van der Waals surface area contributed by atoms with Gasteiger partial charge >= 0.3 is 0 Å². The number of ether oxygens (including phenoxy) is 2. The minimum atomic E-state index is -0.444. The van der Waals surface area contributed by atoms with E-state index in [1.54, 1.807) is 24.3 Å². The highest BCUT2D eigenvalue weighted by molar-refractivity contribution is 6.05. The first-order valence-corrected chi connectivity index (χ1v) is 14.5. The third-order valence-electron chi connectivity index (χ3n) is 6.99. The molecule has 6 aromatic rings. The maximum absolute atomic E-state index is 13.7. The molecule has 45 heavy (non-hydrogen) atoms. The molecule has 0 bridgehead atoms. The molecule has 4 aromatic carbocycles. The summed E-state index contributed by atoms with van der Waals surface area (Å²) in [5.41, 5.74) is 3.70. The van der Waals surface area contributed by atoms with E-state index >= 15 is 0 Å². The van der Waals surface area contributed by atoms with E-state index in [4.69, 9.17) is 9.47 Å². The average molecular weight is 600 g/mol. The Bertz CT molecular complexity index is 1950. The number of amides is 1. The largest absolute Gasteiger partial charge is 0.489 e. The quantitative estimate of drug-likeness (QED) is 0.163. The van der Waals surface area contributed by atoms with Crippen molar-refractivity contribution in [2.24, 2.45) is 0 Å². The van der Waals surface area contributed by atoms with Crippen LogP contribution in [0.1, 0.15) is 41.4 Å². The fraction of sp³-hybridized carbons (Fsp3) is 0.111. The van der Waals surface area contributed by atoms with Crippen LogP contribution in [0.5, 0.6) is 17.2 Å². The molecule has 224 valence electrons. The zero-order valence-electron chi connectivity index (χ0n) is 24.7. The monoisotopic (exact) mass is 599 g/mol. The first-order chi connectivity index (χ1) is 21.9. The van der Waals surface area contributed by atoms with Crippen LogP contribution < -0.4 is 20.1 Å². The van der Waals surface area contributed by atoms with E-state index in [2.05, 4.69) is 39.4 Å². The molecule has 0 atom stereocenters. The number of pyridine rings is 1. The van der Waals surface area contributed by atoms with Crippen LogP contribution in [0.3, 0.4) is 0 Å². The fourth-order valence-corrected chi connectivity index (χ4v) is 4.61. The van der Waals surface area contributed by atoms with Gasteiger partial charge in [0.05, 0.1) is 11.1 Å². The Balaban J connectivity index is 1.28. The molecule has 8 nitrogen and oxygen atoms in total. The summed E-state index contributed by atoms with van der Waals surface area (Å²) in [6.07, 6.45) is 1.44. The number of nitrogens with one attached hydrogen (secondary N) is 2. The van der Waals surface area contributed by atoms with Gasteiger partial charge in [-0.3, -0.25) is 4.79 Å². The van der Waals surface area contributed by atoms with Gasteiger partial charge in [0.1, 0.15) is 36.1 Å². The predicted octanol–water partition coefficient (Wildman–Crippen LogP) is 8.65. The second kappa shape index (κ2) is 13.2. The number of fused-ring (bicyclic) bond motifs is 1. The fourth-order valence-electron chi connectivity index (χ4n) is 4.61. The zero-order valence-corrected chi connectivity index (χ0v) is 24.7. The summed E-state index contributed by atoms with van der Waals surface area (Å²) < 4.78 is 25.9. The standard InChI is InChI=1S/C36H30FN5O3/c1-23(2)31-17-16-30-34(41-31)38-22-39-35(30)42-32-19-25(36(43)40-27-10-6-9-26(37)20-27)11-18-33(32)45-29-14-12-28(13-15-29)44-21-24-7-4-3-5-8-24/h3-20,22-23H,21H2,1-2H3,(H,40,43)(H,38,39,41,42). The Kier molecular flexibility index (Phi) is 8.59. The Morgan fingerprint density at radius 2 is 1.64 bits per heavy atom. The predicted molar refractivity (Wildman–Crippen MR) is 173 cm³/mol. The minimum Gasteiger partial charge on any atom is -0.489 e. The summed E-state index contributed by atoms with van der Waals surface area (Å²) in [4.78, 5) is 26.7. The van der Waals surface area contributed by atoms with Crippen LogP contribution in [0.4, 0.5) is 21.6 Å². The van der Waals surface area contributed by atoms with Crippen molar-refractivity contribution in [3.8, 4) is 17.2 Å². The Hall–Kier alpha value is -5.83. The Morgan fingerprint density at radius 3 is 2.42 bits per heavy atom. The number of hydrogen-bond donors (Lipinski definition) is 2. The van der Waals surface area contributed by atoms with Gasteiger partial charge < -0.3 is 20.1 Å². The molecule has 0 saturated heterocycles. The molecular weight excluding hydrogens is 569 g/mol. The van der Waals surface area contributed by atoms with Gasteiger partial charge in [0.2, 0.25) is 0 Å². The Labute approximate surface area is 259 Å². The van der Waals surface area contributed by atoms with Gasteiger partial charge in [0.15, 0.2) is 11.4 Å². The summed E-state index contributed by atoms with van der Waals surface area (Å²) in [7, 11) is 0. The third-order valence-corrected chi connectivity index (χ3v) is 6.99. The van der Waals surface area contributed by atoms with Crippen LogP contribution in [0.15, 0.2) is 116 Å². The van der Waals surface area contributed by atoms with Gasteiger partial charge in [0, 0.05) is 16.9 Å². The number of anilines is 3. The molecule has 0 aliphatic heterocycles. The number of hydrogen-bond acceptors (Lipinski definition) is 7. The number of carbonyl (C=O) groups is 1. The molecule has 2 N–H and O–H groups in total. The van der Waals surface area contributed by atoms with Gasteiger partial charge in [-0.2, -0.15) is 0 Å². The van der Waals surface area contributed by atoms with Crippen LogP contribution >= 0.6 is 0 Å². The number of nitrogens with zero attached hydrogens (tertiary/aromatic N) is 3. The lowest BCUT2D eigenvalue weighted by Gasteiger charge is -2.16. The molecule has 1 amide bonds. The summed E-state index contributed by atoms with van der Waals surface area (Å²) in [5.74, 6) is 1.61. The topological polar surface area (TPSA) is 98.3 Å². The molecule has 0 fully saturated rings. The van der Waals surface area contributed by atoms with E-state index in [-0.39, 0.29) is 5.92 Å². The lowest BCUT2D eigenvalue weighted by atomic mass is 10.1. The SMILES string of the molecule is CC(C)c1ccc2c(Nc3cc(C(=O)Nc4cccc(F)c4)ccc3Oc3ccc(OCc4ccccc4)cc3)ncnc2n1. The number of benzene rings is 4. The Morgan fingerprint density at radius 1 is 0.844 bits per heavy atom. The molecule has 0 aliphatic rings. The van der Waals surface area contributed by atoms with E-state index in [0.29, 0.717) is 57.6 Å². The second-order valence-electron chi connectivity index (χ2n) is 10.6.